The van der Waals surface area contributed by atoms with Gasteiger partial charge in [0.15, 0.2) is 0 Å². The van der Waals surface area contributed by atoms with E-state index >= 15 is 0 Å². The zero-order valence-corrected chi connectivity index (χ0v) is 15.1. The summed E-state index contributed by atoms with van der Waals surface area (Å²) < 4.78 is 0. The Morgan fingerprint density at radius 3 is 2.37 bits per heavy atom. The summed E-state index contributed by atoms with van der Waals surface area (Å²) in [6, 6.07) is 16.9. The lowest BCUT2D eigenvalue weighted by atomic mass is 10.0. The number of hydrogen-bond acceptors (Lipinski definition) is 4. The number of carbonyl (C=O) groups is 1. The van der Waals surface area contributed by atoms with Crippen molar-refractivity contribution in [3.8, 4) is 0 Å². The zero-order chi connectivity index (χ0) is 19.1. The molecule has 0 saturated carbocycles. The number of nitrogen functional groups attached to an aromatic ring is 1. The van der Waals surface area contributed by atoms with E-state index in [-0.39, 0.29) is 5.56 Å². The van der Waals surface area contributed by atoms with Crippen molar-refractivity contribution in [2.45, 2.75) is 13.8 Å². The largest absolute Gasteiger partial charge is 0.478 e. The summed E-state index contributed by atoms with van der Waals surface area (Å²) in [7, 11) is 0. The molecule has 134 valence electrons. The fraction of sp³-hybridized carbons (Fsp3) is 0.0909. The second-order valence-corrected chi connectivity index (χ2v) is 6.66. The van der Waals surface area contributed by atoms with Gasteiger partial charge in [0.1, 0.15) is 0 Å². The quantitative estimate of drug-likeness (QED) is 0.353. The minimum Gasteiger partial charge on any atom is -0.478 e. The number of nitrogens with two attached hydrogens (primary N) is 1. The molecule has 3 aromatic carbocycles. The third-order valence-electron chi connectivity index (χ3n) is 4.82. The van der Waals surface area contributed by atoms with Crippen LogP contribution in [-0.2, 0) is 0 Å². The predicted molar refractivity (Wildman–Crippen MR) is 110 cm³/mol. The van der Waals surface area contributed by atoms with Crippen LogP contribution in [0.5, 0.6) is 0 Å². The first kappa shape index (κ1) is 16.8. The van der Waals surface area contributed by atoms with Gasteiger partial charge < -0.3 is 16.2 Å². The van der Waals surface area contributed by atoms with Gasteiger partial charge in [-0.1, -0.05) is 36.4 Å². The summed E-state index contributed by atoms with van der Waals surface area (Å²) in [6.45, 7) is 3.93. The standard InChI is InChI=1S/C22H19N3O2/c1-12-9-10-14(11-18(12)23)24-20-15-6-3-5-13(2)19(15)25-21-16(20)7-4-8-17(21)22(26)27/h3-11H,23H2,1-2H3,(H,24,25)(H,26,27). The van der Waals surface area contributed by atoms with Crippen molar-refractivity contribution in [3.63, 3.8) is 0 Å². The van der Waals surface area contributed by atoms with Crippen LogP contribution in [0.1, 0.15) is 21.5 Å². The van der Waals surface area contributed by atoms with Crippen LogP contribution in [-0.4, -0.2) is 16.1 Å². The van der Waals surface area contributed by atoms with Crippen LogP contribution in [0, 0.1) is 13.8 Å². The second kappa shape index (κ2) is 6.29. The number of fused-ring (bicyclic) bond motifs is 2. The third kappa shape index (κ3) is 2.83. The summed E-state index contributed by atoms with van der Waals surface area (Å²) in [5, 5.41) is 14.7. The van der Waals surface area contributed by atoms with Crippen molar-refractivity contribution in [1.82, 2.24) is 4.98 Å². The molecule has 4 aromatic rings. The van der Waals surface area contributed by atoms with Gasteiger partial charge in [-0.2, -0.15) is 0 Å². The van der Waals surface area contributed by atoms with Crippen LogP contribution >= 0.6 is 0 Å². The molecule has 0 radical (unpaired) electrons. The molecule has 4 N–H and O–H groups in total. The van der Waals surface area contributed by atoms with Crippen molar-refractivity contribution in [1.29, 1.82) is 0 Å². The highest BCUT2D eigenvalue weighted by molar-refractivity contribution is 6.14. The number of aryl methyl sites for hydroxylation is 2. The first-order valence-corrected chi connectivity index (χ1v) is 8.64. The fourth-order valence-corrected chi connectivity index (χ4v) is 3.30. The van der Waals surface area contributed by atoms with Crippen LogP contribution in [0.3, 0.4) is 0 Å². The van der Waals surface area contributed by atoms with Crippen molar-refractivity contribution in [3.05, 3.63) is 71.3 Å². The predicted octanol–water partition coefficient (Wildman–Crippen LogP) is 5.03. The van der Waals surface area contributed by atoms with E-state index in [1.807, 2.05) is 56.3 Å². The molecule has 0 unspecified atom stereocenters. The van der Waals surface area contributed by atoms with E-state index in [4.69, 9.17) is 5.73 Å². The van der Waals surface area contributed by atoms with E-state index < -0.39 is 5.97 Å². The maximum absolute atomic E-state index is 11.7. The van der Waals surface area contributed by atoms with Crippen LogP contribution in [0.2, 0.25) is 0 Å². The van der Waals surface area contributed by atoms with Gasteiger partial charge >= 0.3 is 5.97 Å². The maximum Gasteiger partial charge on any atom is 0.337 e. The topological polar surface area (TPSA) is 88.2 Å². The number of rotatable bonds is 3. The molecule has 0 amide bonds. The van der Waals surface area contributed by atoms with E-state index in [1.165, 1.54) is 0 Å². The fourth-order valence-electron chi connectivity index (χ4n) is 3.30. The summed E-state index contributed by atoms with van der Waals surface area (Å²) in [6.07, 6.45) is 0. The lowest BCUT2D eigenvalue weighted by Gasteiger charge is -2.16. The number of aromatic carboxylic acids is 1. The molecule has 1 aromatic heterocycles. The molecule has 5 nitrogen and oxygen atoms in total. The normalized spacial score (nSPS) is 11.0. The number of para-hydroxylation sites is 2. The van der Waals surface area contributed by atoms with E-state index in [0.29, 0.717) is 11.2 Å². The molecule has 0 aliphatic carbocycles. The van der Waals surface area contributed by atoms with E-state index in [9.17, 15) is 9.90 Å². The minimum atomic E-state index is -0.994. The molecule has 5 heteroatoms. The van der Waals surface area contributed by atoms with Gasteiger partial charge in [-0.15, -0.1) is 0 Å². The van der Waals surface area contributed by atoms with Gasteiger partial charge in [0.25, 0.3) is 0 Å². The number of anilines is 3. The van der Waals surface area contributed by atoms with Gasteiger partial charge in [0, 0.05) is 22.1 Å². The van der Waals surface area contributed by atoms with Crippen molar-refractivity contribution < 1.29 is 9.90 Å². The third-order valence-corrected chi connectivity index (χ3v) is 4.82. The molecule has 27 heavy (non-hydrogen) atoms. The summed E-state index contributed by atoms with van der Waals surface area (Å²) >= 11 is 0. The highest BCUT2D eigenvalue weighted by Crippen LogP contribution is 2.36. The van der Waals surface area contributed by atoms with Crippen molar-refractivity contribution in [2.75, 3.05) is 11.1 Å². The van der Waals surface area contributed by atoms with Gasteiger partial charge in [-0.3, -0.25) is 0 Å². The summed E-state index contributed by atoms with van der Waals surface area (Å²) in [4.78, 5) is 16.4. The van der Waals surface area contributed by atoms with Gasteiger partial charge in [0.05, 0.1) is 22.3 Å². The van der Waals surface area contributed by atoms with Crippen LogP contribution in [0.25, 0.3) is 21.8 Å². The Balaban J connectivity index is 2.06. The Labute approximate surface area is 156 Å². The highest BCUT2D eigenvalue weighted by Gasteiger charge is 2.16. The molecule has 0 saturated heterocycles. The van der Waals surface area contributed by atoms with Crippen molar-refractivity contribution >= 4 is 44.8 Å². The first-order valence-electron chi connectivity index (χ1n) is 8.64. The van der Waals surface area contributed by atoms with Crippen molar-refractivity contribution in [2.24, 2.45) is 0 Å². The zero-order valence-electron chi connectivity index (χ0n) is 15.1. The number of nitrogens with one attached hydrogen (secondary N) is 1. The van der Waals surface area contributed by atoms with E-state index in [0.717, 1.165) is 38.8 Å². The lowest BCUT2D eigenvalue weighted by Crippen LogP contribution is -2.02. The molecule has 0 fully saturated rings. The highest BCUT2D eigenvalue weighted by atomic mass is 16.4. The lowest BCUT2D eigenvalue weighted by molar-refractivity contribution is 0.0699. The van der Waals surface area contributed by atoms with Crippen LogP contribution in [0.15, 0.2) is 54.6 Å². The molecular formula is C22H19N3O2. The Bertz CT molecular complexity index is 1220. The van der Waals surface area contributed by atoms with Crippen LogP contribution < -0.4 is 11.1 Å². The molecule has 0 aliphatic heterocycles. The first-order chi connectivity index (χ1) is 13.0. The average Bonchev–Trinajstić information content (AvgIpc) is 2.64. The molecule has 0 spiro atoms. The molecular weight excluding hydrogens is 338 g/mol. The Kier molecular flexibility index (Phi) is 3.92. The number of carboxylic acids is 1. The number of carboxylic acid groups (broad SMARTS) is 1. The number of nitrogens with zero attached hydrogens (tertiary/aromatic N) is 1. The summed E-state index contributed by atoms with van der Waals surface area (Å²) in [5.41, 5.74) is 11.8. The molecule has 1 heterocycles. The summed E-state index contributed by atoms with van der Waals surface area (Å²) in [5.74, 6) is -0.994. The van der Waals surface area contributed by atoms with Crippen LogP contribution in [0.4, 0.5) is 17.1 Å². The number of aromatic nitrogens is 1. The number of hydrogen-bond donors (Lipinski definition) is 3. The molecule has 4 rings (SSSR count). The Morgan fingerprint density at radius 2 is 1.67 bits per heavy atom. The van der Waals surface area contributed by atoms with E-state index in [2.05, 4.69) is 10.3 Å². The van der Waals surface area contributed by atoms with E-state index in [1.54, 1.807) is 12.1 Å². The minimum absolute atomic E-state index is 0.184. The van der Waals surface area contributed by atoms with Gasteiger partial charge in [-0.05, 0) is 43.2 Å². The Morgan fingerprint density at radius 1 is 0.963 bits per heavy atom. The SMILES string of the molecule is Cc1ccc(Nc2c3cccc(C)c3nc3c(C(=O)O)cccc23)cc1N. The maximum atomic E-state index is 11.7. The number of benzene rings is 3. The Hall–Kier alpha value is -3.60. The molecule has 0 atom stereocenters. The van der Waals surface area contributed by atoms with Gasteiger partial charge in [0.2, 0.25) is 0 Å². The monoisotopic (exact) mass is 357 g/mol. The smallest absolute Gasteiger partial charge is 0.337 e. The molecule has 0 aliphatic rings. The average molecular weight is 357 g/mol. The van der Waals surface area contributed by atoms with Gasteiger partial charge in [-0.25, -0.2) is 9.78 Å². The molecule has 0 bridgehead atoms. The second-order valence-electron chi connectivity index (χ2n) is 6.66. The number of pyridine rings is 1.